The van der Waals surface area contributed by atoms with Crippen molar-refractivity contribution in [2.45, 2.75) is 6.92 Å². The maximum atomic E-state index is 4.16. The van der Waals surface area contributed by atoms with E-state index in [1.54, 1.807) is 24.7 Å². The van der Waals surface area contributed by atoms with Gasteiger partial charge in [-0.15, -0.1) is 0 Å². The van der Waals surface area contributed by atoms with Crippen LogP contribution in [0.25, 0.3) is 11.1 Å². The van der Waals surface area contributed by atoms with Crippen molar-refractivity contribution in [2.24, 2.45) is 0 Å². The van der Waals surface area contributed by atoms with Gasteiger partial charge >= 0.3 is 0 Å². The molecule has 1 aromatic carbocycles. The van der Waals surface area contributed by atoms with E-state index in [4.69, 9.17) is 0 Å². The Bertz CT molecular complexity index is 696. The van der Waals surface area contributed by atoms with Gasteiger partial charge in [-0.25, -0.2) is 9.97 Å². The molecule has 98 valence electrons. The molecule has 4 nitrogen and oxygen atoms in total. The zero-order valence-electron chi connectivity index (χ0n) is 11.1. The smallest absolute Gasteiger partial charge is 0.227 e. The van der Waals surface area contributed by atoms with Crippen molar-refractivity contribution in [1.82, 2.24) is 15.0 Å². The number of hydrogen-bond acceptors (Lipinski definition) is 4. The Labute approximate surface area is 117 Å². The fourth-order valence-electron chi connectivity index (χ4n) is 2.00. The molecule has 0 aliphatic rings. The number of aromatic nitrogens is 3. The van der Waals surface area contributed by atoms with Crippen molar-refractivity contribution in [3.8, 4) is 11.1 Å². The predicted octanol–water partition coefficient (Wildman–Crippen LogP) is 3.59. The van der Waals surface area contributed by atoms with E-state index in [-0.39, 0.29) is 0 Å². The molecule has 2 aromatic heterocycles. The van der Waals surface area contributed by atoms with Gasteiger partial charge < -0.3 is 5.32 Å². The molecule has 0 aliphatic heterocycles. The largest absolute Gasteiger partial charge is 0.324 e. The third-order valence-corrected chi connectivity index (χ3v) is 3.03. The number of anilines is 2. The van der Waals surface area contributed by atoms with Crippen LogP contribution in [0.2, 0.25) is 0 Å². The molecule has 0 saturated heterocycles. The molecule has 0 saturated carbocycles. The molecule has 0 amide bonds. The molecule has 2 heterocycles. The second-order valence-electron chi connectivity index (χ2n) is 4.47. The van der Waals surface area contributed by atoms with E-state index in [2.05, 4.69) is 45.4 Å². The summed E-state index contributed by atoms with van der Waals surface area (Å²) in [4.78, 5) is 12.5. The van der Waals surface area contributed by atoms with Crippen LogP contribution < -0.4 is 5.32 Å². The number of aryl methyl sites for hydroxylation is 1. The Morgan fingerprint density at radius 2 is 1.75 bits per heavy atom. The van der Waals surface area contributed by atoms with E-state index in [0.29, 0.717) is 5.95 Å². The average Bonchev–Trinajstić information content (AvgIpc) is 2.51. The Hall–Kier alpha value is -2.75. The van der Waals surface area contributed by atoms with Crippen LogP contribution in [0.5, 0.6) is 0 Å². The highest BCUT2D eigenvalue weighted by molar-refractivity contribution is 5.69. The van der Waals surface area contributed by atoms with E-state index < -0.39 is 0 Å². The van der Waals surface area contributed by atoms with Crippen molar-refractivity contribution in [3.63, 3.8) is 0 Å². The fourth-order valence-corrected chi connectivity index (χ4v) is 2.00. The minimum Gasteiger partial charge on any atom is -0.324 e. The molecule has 0 spiro atoms. The van der Waals surface area contributed by atoms with Crippen LogP contribution >= 0.6 is 0 Å². The molecule has 0 aliphatic carbocycles. The molecular weight excluding hydrogens is 248 g/mol. The van der Waals surface area contributed by atoms with Gasteiger partial charge in [-0.05, 0) is 47.9 Å². The number of nitrogens with zero attached hydrogens (tertiary/aromatic N) is 3. The lowest BCUT2D eigenvalue weighted by molar-refractivity contribution is 1.16. The summed E-state index contributed by atoms with van der Waals surface area (Å²) in [6, 6.07) is 12.0. The van der Waals surface area contributed by atoms with Crippen LogP contribution in [0.15, 0.2) is 61.2 Å². The SMILES string of the molecule is Cc1cc(-c2cccnc2)ccc1Nc1ncccn1. The molecule has 4 heteroatoms. The van der Waals surface area contributed by atoms with E-state index in [9.17, 15) is 0 Å². The maximum Gasteiger partial charge on any atom is 0.227 e. The first kappa shape index (κ1) is 12.3. The molecule has 3 aromatic rings. The van der Waals surface area contributed by atoms with Crippen molar-refractivity contribution in [2.75, 3.05) is 5.32 Å². The lowest BCUT2D eigenvalue weighted by Gasteiger charge is -2.10. The first-order valence-electron chi connectivity index (χ1n) is 6.38. The van der Waals surface area contributed by atoms with Crippen molar-refractivity contribution in [3.05, 3.63) is 66.7 Å². The molecule has 20 heavy (non-hydrogen) atoms. The summed E-state index contributed by atoms with van der Waals surface area (Å²) in [5, 5.41) is 3.21. The lowest BCUT2D eigenvalue weighted by atomic mass is 10.0. The monoisotopic (exact) mass is 262 g/mol. The summed E-state index contributed by atoms with van der Waals surface area (Å²) < 4.78 is 0. The Balaban J connectivity index is 1.89. The maximum absolute atomic E-state index is 4.16. The first-order valence-corrected chi connectivity index (χ1v) is 6.38. The number of nitrogens with one attached hydrogen (secondary N) is 1. The van der Waals surface area contributed by atoms with Gasteiger partial charge in [0.15, 0.2) is 0 Å². The molecule has 3 rings (SSSR count). The number of pyridine rings is 1. The Kier molecular flexibility index (Phi) is 3.37. The van der Waals surface area contributed by atoms with Gasteiger partial charge in [0.1, 0.15) is 0 Å². The molecule has 0 bridgehead atoms. The van der Waals surface area contributed by atoms with Crippen LogP contribution in [0.4, 0.5) is 11.6 Å². The van der Waals surface area contributed by atoms with Crippen LogP contribution in [-0.4, -0.2) is 15.0 Å². The summed E-state index contributed by atoms with van der Waals surface area (Å²) in [6.07, 6.45) is 7.07. The number of rotatable bonds is 3. The molecule has 1 N–H and O–H groups in total. The van der Waals surface area contributed by atoms with E-state index in [0.717, 1.165) is 22.4 Å². The van der Waals surface area contributed by atoms with Crippen LogP contribution in [0, 0.1) is 6.92 Å². The van der Waals surface area contributed by atoms with Gasteiger partial charge in [0.05, 0.1) is 0 Å². The molecule has 0 radical (unpaired) electrons. The summed E-state index contributed by atoms with van der Waals surface area (Å²) in [7, 11) is 0. The van der Waals surface area contributed by atoms with Crippen molar-refractivity contribution in [1.29, 1.82) is 0 Å². The Morgan fingerprint density at radius 1 is 0.900 bits per heavy atom. The fraction of sp³-hybridized carbons (Fsp3) is 0.0625. The van der Waals surface area contributed by atoms with Gasteiger partial charge in [-0.3, -0.25) is 4.98 Å². The van der Waals surface area contributed by atoms with Crippen molar-refractivity contribution < 1.29 is 0 Å². The predicted molar refractivity (Wildman–Crippen MR) is 79.7 cm³/mol. The molecule has 0 fully saturated rings. The van der Waals surface area contributed by atoms with Gasteiger partial charge in [-0.2, -0.15) is 0 Å². The third kappa shape index (κ3) is 2.64. The minimum absolute atomic E-state index is 0.602. The lowest BCUT2D eigenvalue weighted by Crippen LogP contribution is -1.97. The summed E-state index contributed by atoms with van der Waals surface area (Å²) in [6.45, 7) is 2.06. The van der Waals surface area contributed by atoms with Crippen LogP contribution in [0.1, 0.15) is 5.56 Å². The highest BCUT2D eigenvalue weighted by Gasteiger charge is 2.03. The second-order valence-corrected chi connectivity index (χ2v) is 4.47. The zero-order chi connectivity index (χ0) is 13.8. The molecule has 0 atom stereocenters. The number of benzene rings is 1. The quantitative estimate of drug-likeness (QED) is 0.783. The first-order chi connectivity index (χ1) is 9.83. The van der Waals surface area contributed by atoms with Gasteiger partial charge in [0, 0.05) is 30.5 Å². The topological polar surface area (TPSA) is 50.7 Å². The van der Waals surface area contributed by atoms with E-state index in [1.165, 1.54) is 0 Å². The normalized spacial score (nSPS) is 10.2. The second kappa shape index (κ2) is 5.48. The highest BCUT2D eigenvalue weighted by Crippen LogP contribution is 2.25. The van der Waals surface area contributed by atoms with Crippen molar-refractivity contribution >= 4 is 11.6 Å². The zero-order valence-corrected chi connectivity index (χ0v) is 11.1. The highest BCUT2D eigenvalue weighted by atomic mass is 15.1. The van der Waals surface area contributed by atoms with Gasteiger partial charge in [-0.1, -0.05) is 12.1 Å². The molecular formula is C16H14N4. The number of hydrogen-bond donors (Lipinski definition) is 1. The van der Waals surface area contributed by atoms with Gasteiger partial charge in [0.25, 0.3) is 0 Å². The summed E-state index contributed by atoms with van der Waals surface area (Å²) >= 11 is 0. The van der Waals surface area contributed by atoms with Gasteiger partial charge in [0.2, 0.25) is 5.95 Å². The standard InChI is InChI=1S/C16H14N4/c1-12-10-13(14-4-2-7-17-11-14)5-6-15(12)20-16-18-8-3-9-19-16/h2-11H,1H3,(H,18,19,20). The minimum atomic E-state index is 0.602. The van der Waals surface area contributed by atoms with Crippen LogP contribution in [-0.2, 0) is 0 Å². The van der Waals surface area contributed by atoms with E-state index >= 15 is 0 Å². The van der Waals surface area contributed by atoms with Crippen LogP contribution in [0.3, 0.4) is 0 Å². The average molecular weight is 262 g/mol. The molecule has 0 unspecified atom stereocenters. The third-order valence-electron chi connectivity index (χ3n) is 3.03. The van der Waals surface area contributed by atoms with E-state index in [1.807, 2.05) is 18.3 Å². The summed E-state index contributed by atoms with van der Waals surface area (Å²) in [5.74, 6) is 0.602. The Morgan fingerprint density at radius 3 is 2.45 bits per heavy atom. The summed E-state index contributed by atoms with van der Waals surface area (Å²) in [5.41, 5.74) is 4.40.